The number of ether oxygens (including phenoxy) is 1. The predicted octanol–water partition coefficient (Wildman–Crippen LogP) is 6.02. The molecule has 0 saturated carbocycles. The topological polar surface area (TPSA) is 51.2 Å². The van der Waals surface area contributed by atoms with Crippen LogP contribution in [0.15, 0.2) is 72.1 Å². The van der Waals surface area contributed by atoms with Gasteiger partial charge in [-0.05, 0) is 42.0 Å². The zero-order valence-corrected chi connectivity index (χ0v) is 16.6. The molecule has 0 saturated heterocycles. The van der Waals surface area contributed by atoms with Crippen molar-refractivity contribution < 1.29 is 9.53 Å². The van der Waals surface area contributed by atoms with Gasteiger partial charge in [0.25, 0.3) is 5.91 Å². The highest BCUT2D eigenvalue weighted by Crippen LogP contribution is 2.28. The first-order valence-corrected chi connectivity index (χ1v) is 10.0. The monoisotopic (exact) mass is 408 g/mol. The SMILES string of the molecule is CC(Oc1cccc(Cl)c1)C(=O)Nc1nc(-c2ccc3ccccc3c2)cs1. The number of nitrogens with one attached hydrogen (secondary N) is 1. The zero-order valence-electron chi connectivity index (χ0n) is 15.1. The Morgan fingerprint density at radius 1 is 1.07 bits per heavy atom. The van der Waals surface area contributed by atoms with Gasteiger partial charge in [0, 0.05) is 16.0 Å². The van der Waals surface area contributed by atoms with Crippen molar-refractivity contribution in [3.8, 4) is 17.0 Å². The van der Waals surface area contributed by atoms with Crippen molar-refractivity contribution in [3.63, 3.8) is 0 Å². The van der Waals surface area contributed by atoms with E-state index in [1.54, 1.807) is 31.2 Å². The van der Waals surface area contributed by atoms with Gasteiger partial charge in [0.05, 0.1) is 5.69 Å². The maximum absolute atomic E-state index is 12.4. The average Bonchev–Trinajstić information content (AvgIpc) is 3.16. The summed E-state index contributed by atoms with van der Waals surface area (Å²) >= 11 is 7.33. The van der Waals surface area contributed by atoms with Gasteiger partial charge in [-0.25, -0.2) is 4.98 Å². The summed E-state index contributed by atoms with van der Waals surface area (Å²) in [6.45, 7) is 1.69. The van der Waals surface area contributed by atoms with Crippen LogP contribution in [0, 0.1) is 0 Å². The molecule has 0 aliphatic heterocycles. The number of nitrogens with zero attached hydrogens (tertiary/aromatic N) is 1. The Balaban J connectivity index is 1.45. The highest BCUT2D eigenvalue weighted by atomic mass is 35.5. The van der Waals surface area contributed by atoms with Crippen molar-refractivity contribution in [2.75, 3.05) is 5.32 Å². The van der Waals surface area contributed by atoms with E-state index in [1.165, 1.54) is 16.7 Å². The molecule has 6 heteroatoms. The van der Waals surface area contributed by atoms with E-state index in [2.05, 4.69) is 34.6 Å². The van der Waals surface area contributed by atoms with Crippen LogP contribution < -0.4 is 10.1 Å². The molecule has 0 radical (unpaired) electrons. The lowest BCUT2D eigenvalue weighted by Crippen LogP contribution is -2.30. The first-order chi connectivity index (χ1) is 13.6. The molecule has 0 spiro atoms. The second-order valence-electron chi connectivity index (χ2n) is 6.31. The molecule has 0 aliphatic carbocycles. The number of benzene rings is 3. The van der Waals surface area contributed by atoms with Crippen LogP contribution in [0.2, 0.25) is 5.02 Å². The van der Waals surface area contributed by atoms with E-state index in [0.29, 0.717) is 15.9 Å². The number of aromatic nitrogens is 1. The summed E-state index contributed by atoms with van der Waals surface area (Å²) < 4.78 is 5.65. The Hall–Kier alpha value is -2.89. The lowest BCUT2D eigenvalue weighted by Gasteiger charge is -2.13. The van der Waals surface area contributed by atoms with Crippen LogP contribution in [0.4, 0.5) is 5.13 Å². The Bertz CT molecular complexity index is 1140. The molecule has 140 valence electrons. The van der Waals surface area contributed by atoms with Gasteiger partial charge in [0.15, 0.2) is 11.2 Å². The number of anilines is 1. The molecule has 1 unspecified atom stereocenters. The molecule has 1 heterocycles. The van der Waals surface area contributed by atoms with Gasteiger partial charge >= 0.3 is 0 Å². The van der Waals surface area contributed by atoms with E-state index in [4.69, 9.17) is 16.3 Å². The third-order valence-electron chi connectivity index (χ3n) is 4.26. The van der Waals surface area contributed by atoms with E-state index in [0.717, 1.165) is 16.6 Å². The fraction of sp³-hybridized carbons (Fsp3) is 0.0909. The molecule has 1 N–H and O–H groups in total. The molecule has 1 amide bonds. The molecule has 0 bridgehead atoms. The Morgan fingerprint density at radius 2 is 1.89 bits per heavy atom. The number of carbonyl (C=O) groups is 1. The molecule has 0 fully saturated rings. The minimum absolute atomic E-state index is 0.264. The molecule has 1 aromatic heterocycles. The molecular weight excluding hydrogens is 392 g/mol. The van der Waals surface area contributed by atoms with E-state index in [1.807, 2.05) is 23.6 Å². The fourth-order valence-corrected chi connectivity index (χ4v) is 3.72. The van der Waals surface area contributed by atoms with Gasteiger partial charge in [-0.3, -0.25) is 10.1 Å². The van der Waals surface area contributed by atoms with E-state index in [9.17, 15) is 4.79 Å². The predicted molar refractivity (Wildman–Crippen MR) is 115 cm³/mol. The summed E-state index contributed by atoms with van der Waals surface area (Å²) in [6.07, 6.45) is -0.675. The summed E-state index contributed by atoms with van der Waals surface area (Å²) in [5.74, 6) is 0.283. The van der Waals surface area contributed by atoms with Gasteiger partial charge in [-0.2, -0.15) is 0 Å². The molecule has 4 aromatic rings. The fourth-order valence-electron chi connectivity index (χ4n) is 2.82. The summed E-state index contributed by atoms with van der Waals surface area (Å²) in [5, 5.41) is 8.18. The normalized spacial score (nSPS) is 11.9. The minimum Gasteiger partial charge on any atom is -0.481 e. The maximum Gasteiger partial charge on any atom is 0.266 e. The van der Waals surface area contributed by atoms with Crippen LogP contribution in [-0.2, 0) is 4.79 Å². The third-order valence-corrected chi connectivity index (χ3v) is 5.25. The Labute approximate surface area is 171 Å². The van der Waals surface area contributed by atoms with Crippen LogP contribution in [0.1, 0.15) is 6.92 Å². The number of hydrogen-bond donors (Lipinski definition) is 1. The van der Waals surface area contributed by atoms with E-state index >= 15 is 0 Å². The van der Waals surface area contributed by atoms with E-state index < -0.39 is 6.10 Å². The van der Waals surface area contributed by atoms with Crippen molar-refractivity contribution in [1.29, 1.82) is 0 Å². The number of rotatable bonds is 5. The molecule has 4 nitrogen and oxygen atoms in total. The second kappa shape index (κ2) is 8.00. The van der Waals surface area contributed by atoms with Gasteiger partial charge in [-0.1, -0.05) is 54.1 Å². The quantitative estimate of drug-likeness (QED) is 0.439. The number of thiazole rings is 1. The molecule has 3 aromatic carbocycles. The molecule has 1 atom stereocenters. The largest absolute Gasteiger partial charge is 0.481 e. The Kier molecular flexibility index (Phi) is 5.28. The van der Waals surface area contributed by atoms with Crippen LogP contribution in [0.5, 0.6) is 5.75 Å². The van der Waals surface area contributed by atoms with Crippen molar-refractivity contribution in [2.45, 2.75) is 13.0 Å². The van der Waals surface area contributed by atoms with Crippen molar-refractivity contribution >= 4 is 44.7 Å². The van der Waals surface area contributed by atoms with Gasteiger partial charge in [-0.15, -0.1) is 11.3 Å². The molecule has 0 aliphatic rings. The van der Waals surface area contributed by atoms with Crippen molar-refractivity contribution in [1.82, 2.24) is 4.98 Å². The maximum atomic E-state index is 12.4. The van der Waals surface area contributed by atoms with Gasteiger partial charge in [0.1, 0.15) is 5.75 Å². The minimum atomic E-state index is -0.675. The number of carbonyl (C=O) groups excluding carboxylic acids is 1. The first kappa shape index (κ1) is 18.5. The van der Waals surface area contributed by atoms with E-state index in [-0.39, 0.29) is 5.91 Å². The van der Waals surface area contributed by atoms with Crippen LogP contribution in [0.25, 0.3) is 22.0 Å². The highest BCUT2D eigenvalue weighted by Gasteiger charge is 2.17. The van der Waals surface area contributed by atoms with Crippen LogP contribution >= 0.6 is 22.9 Å². The standard InChI is InChI=1S/C22H17ClN2O2S/c1-14(27-19-8-4-7-18(23)12-19)21(26)25-22-24-20(13-28-22)17-10-9-15-5-2-3-6-16(15)11-17/h2-14H,1H3,(H,24,25,26). The molecular formula is C22H17ClN2O2S. The number of halogens is 1. The third kappa shape index (κ3) is 4.16. The summed E-state index contributed by atoms with van der Waals surface area (Å²) in [6, 6.07) is 21.4. The lowest BCUT2D eigenvalue weighted by atomic mass is 10.1. The summed E-state index contributed by atoms with van der Waals surface area (Å²) in [4.78, 5) is 17.0. The van der Waals surface area contributed by atoms with Gasteiger partial charge in [0.2, 0.25) is 0 Å². The summed E-state index contributed by atoms with van der Waals surface area (Å²) in [5.41, 5.74) is 1.84. The Morgan fingerprint density at radius 3 is 2.71 bits per heavy atom. The average molecular weight is 409 g/mol. The van der Waals surface area contributed by atoms with Gasteiger partial charge < -0.3 is 4.74 Å². The van der Waals surface area contributed by atoms with Crippen molar-refractivity contribution in [2.24, 2.45) is 0 Å². The highest BCUT2D eigenvalue weighted by molar-refractivity contribution is 7.14. The molecule has 28 heavy (non-hydrogen) atoms. The lowest BCUT2D eigenvalue weighted by molar-refractivity contribution is -0.122. The number of hydrogen-bond acceptors (Lipinski definition) is 4. The van der Waals surface area contributed by atoms with Crippen molar-refractivity contribution in [3.05, 3.63) is 77.1 Å². The van der Waals surface area contributed by atoms with Crippen LogP contribution in [-0.4, -0.2) is 17.0 Å². The zero-order chi connectivity index (χ0) is 19.5. The second-order valence-corrected chi connectivity index (χ2v) is 7.60. The smallest absolute Gasteiger partial charge is 0.266 e. The molecule has 4 rings (SSSR count). The number of amides is 1. The van der Waals surface area contributed by atoms with Crippen LogP contribution in [0.3, 0.4) is 0 Å². The summed E-state index contributed by atoms with van der Waals surface area (Å²) in [7, 11) is 0. The number of fused-ring (bicyclic) bond motifs is 1. The first-order valence-electron chi connectivity index (χ1n) is 8.76.